The Morgan fingerprint density at radius 1 is 1.22 bits per heavy atom. The highest BCUT2D eigenvalue weighted by atomic mass is 16.2. The molecule has 0 spiro atoms. The third-order valence-corrected chi connectivity index (χ3v) is 4.03. The maximum atomic E-state index is 12.5. The van der Waals surface area contributed by atoms with E-state index in [0.717, 1.165) is 19.0 Å². The summed E-state index contributed by atoms with van der Waals surface area (Å²) in [5, 5.41) is 0. The highest BCUT2D eigenvalue weighted by molar-refractivity contribution is 5.99. The van der Waals surface area contributed by atoms with Crippen LogP contribution in [0.15, 0.2) is 47.5 Å². The summed E-state index contributed by atoms with van der Waals surface area (Å²) in [7, 11) is 0. The molecule has 118 valence electrons. The zero-order valence-electron chi connectivity index (χ0n) is 12.6. The summed E-state index contributed by atoms with van der Waals surface area (Å²) in [6.07, 6.45) is 3.95. The van der Waals surface area contributed by atoms with Crippen molar-refractivity contribution in [1.82, 2.24) is 14.9 Å². The SMILES string of the molecule is O=C(c1ccccc1)[C@H]1CCCN(C(=O)c2c[nH]c(=O)cn2)C1. The number of nitrogens with zero attached hydrogens (tertiary/aromatic N) is 2. The van der Waals surface area contributed by atoms with Crippen LogP contribution in [-0.2, 0) is 0 Å². The van der Waals surface area contributed by atoms with Gasteiger partial charge in [-0.15, -0.1) is 0 Å². The van der Waals surface area contributed by atoms with Gasteiger partial charge in [0.1, 0.15) is 5.69 Å². The number of carbonyl (C=O) groups is 2. The Morgan fingerprint density at radius 3 is 2.70 bits per heavy atom. The second-order valence-electron chi connectivity index (χ2n) is 5.62. The Balaban J connectivity index is 1.73. The number of piperidine rings is 1. The van der Waals surface area contributed by atoms with Crippen LogP contribution in [0.2, 0.25) is 0 Å². The van der Waals surface area contributed by atoms with Gasteiger partial charge in [0, 0.05) is 30.8 Å². The number of benzene rings is 1. The van der Waals surface area contributed by atoms with Gasteiger partial charge >= 0.3 is 0 Å². The average Bonchev–Trinajstić information content (AvgIpc) is 2.62. The smallest absolute Gasteiger partial charge is 0.273 e. The largest absolute Gasteiger partial charge is 0.337 e. The van der Waals surface area contributed by atoms with Crippen molar-refractivity contribution in [3.63, 3.8) is 0 Å². The van der Waals surface area contributed by atoms with Crippen molar-refractivity contribution >= 4 is 11.7 Å². The first-order valence-electron chi connectivity index (χ1n) is 7.58. The van der Waals surface area contributed by atoms with Crippen LogP contribution in [0.5, 0.6) is 0 Å². The van der Waals surface area contributed by atoms with Crippen molar-refractivity contribution in [2.45, 2.75) is 12.8 Å². The number of ketones is 1. The van der Waals surface area contributed by atoms with Crippen LogP contribution in [0.4, 0.5) is 0 Å². The van der Waals surface area contributed by atoms with Gasteiger partial charge in [0.2, 0.25) is 0 Å². The molecule has 6 nitrogen and oxygen atoms in total. The third-order valence-electron chi connectivity index (χ3n) is 4.03. The van der Waals surface area contributed by atoms with Gasteiger partial charge < -0.3 is 9.88 Å². The lowest BCUT2D eigenvalue weighted by Gasteiger charge is -2.31. The lowest BCUT2D eigenvalue weighted by molar-refractivity contribution is 0.0631. The van der Waals surface area contributed by atoms with Crippen LogP contribution in [0, 0.1) is 5.92 Å². The van der Waals surface area contributed by atoms with E-state index < -0.39 is 0 Å². The van der Waals surface area contributed by atoms with Gasteiger partial charge in [0.25, 0.3) is 11.5 Å². The lowest BCUT2D eigenvalue weighted by atomic mass is 9.90. The Bertz CT molecular complexity index is 750. The molecule has 0 radical (unpaired) electrons. The normalized spacial score (nSPS) is 17.7. The molecular weight excluding hydrogens is 294 g/mol. The summed E-state index contributed by atoms with van der Waals surface area (Å²) in [5.74, 6) is -0.387. The molecule has 1 aliphatic heterocycles. The number of hydrogen-bond donors (Lipinski definition) is 1. The topological polar surface area (TPSA) is 83.1 Å². The molecule has 0 unspecified atom stereocenters. The number of H-pyrrole nitrogens is 1. The fourth-order valence-electron chi connectivity index (χ4n) is 2.83. The summed E-state index contributed by atoms with van der Waals surface area (Å²) in [4.78, 5) is 44.0. The molecule has 1 atom stereocenters. The van der Waals surface area contributed by atoms with Gasteiger partial charge in [0.05, 0.1) is 6.20 Å². The zero-order valence-corrected chi connectivity index (χ0v) is 12.6. The van der Waals surface area contributed by atoms with Crippen molar-refractivity contribution < 1.29 is 9.59 Å². The van der Waals surface area contributed by atoms with Gasteiger partial charge in [-0.05, 0) is 12.8 Å². The Kier molecular flexibility index (Phi) is 4.32. The molecule has 0 aliphatic carbocycles. The summed E-state index contributed by atoms with van der Waals surface area (Å²) < 4.78 is 0. The Morgan fingerprint density at radius 2 is 2.00 bits per heavy atom. The van der Waals surface area contributed by atoms with E-state index >= 15 is 0 Å². The minimum absolute atomic E-state index is 0.0672. The van der Waals surface area contributed by atoms with Gasteiger partial charge in [-0.25, -0.2) is 4.98 Å². The summed E-state index contributed by atoms with van der Waals surface area (Å²) >= 11 is 0. The van der Waals surface area contributed by atoms with Crippen LogP contribution in [-0.4, -0.2) is 39.6 Å². The quantitative estimate of drug-likeness (QED) is 0.871. The Labute approximate surface area is 133 Å². The van der Waals surface area contributed by atoms with Crippen molar-refractivity contribution in [3.05, 3.63) is 64.3 Å². The standard InChI is InChI=1S/C17H17N3O3/c21-15-10-18-14(9-19-15)17(23)20-8-4-7-13(11-20)16(22)12-5-2-1-3-6-12/h1-3,5-6,9-10,13H,4,7-8,11H2,(H,19,21)/t13-/m0/s1. The second kappa shape index (κ2) is 6.56. The fraction of sp³-hybridized carbons (Fsp3) is 0.294. The summed E-state index contributed by atoms with van der Waals surface area (Å²) in [6, 6.07) is 9.14. The lowest BCUT2D eigenvalue weighted by Crippen LogP contribution is -2.42. The minimum Gasteiger partial charge on any atom is -0.337 e. The predicted octanol–water partition coefficient (Wildman–Crippen LogP) is 1.51. The number of Topliss-reactive ketones (excluding diaryl/α,β-unsaturated/α-hetero) is 1. The molecule has 23 heavy (non-hydrogen) atoms. The van der Waals surface area contributed by atoms with Crippen LogP contribution in [0.3, 0.4) is 0 Å². The molecule has 6 heteroatoms. The number of nitrogens with one attached hydrogen (secondary N) is 1. The van der Waals surface area contributed by atoms with Gasteiger partial charge in [-0.1, -0.05) is 30.3 Å². The number of hydrogen-bond acceptors (Lipinski definition) is 4. The molecule has 0 saturated carbocycles. The monoisotopic (exact) mass is 311 g/mol. The highest BCUT2D eigenvalue weighted by Gasteiger charge is 2.29. The molecule has 3 rings (SSSR count). The van der Waals surface area contributed by atoms with Crippen LogP contribution in [0.25, 0.3) is 0 Å². The first-order chi connectivity index (χ1) is 11.1. The number of rotatable bonds is 3. The summed E-state index contributed by atoms with van der Waals surface area (Å²) in [6.45, 7) is 0.978. The number of amides is 1. The van der Waals surface area contributed by atoms with Crippen molar-refractivity contribution in [3.8, 4) is 0 Å². The average molecular weight is 311 g/mol. The molecule has 1 saturated heterocycles. The van der Waals surface area contributed by atoms with Gasteiger partial charge in [-0.2, -0.15) is 0 Å². The van der Waals surface area contributed by atoms with Gasteiger partial charge in [-0.3, -0.25) is 14.4 Å². The molecule has 0 bridgehead atoms. The molecule has 1 N–H and O–H groups in total. The van der Waals surface area contributed by atoms with Gasteiger partial charge in [0.15, 0.2) is 5.78 Å². The molecule has 2 heterocycles. The molecule has 1 amide bonds. The first-order valence-corrected chi connectivity index (χ1v) is 7.58. The maximum absolute atomic E-state index is 12.5. The molecule has 1 fully saturated rings. The number of aromatic amines is 1. The van der Waals surface area contributed by atoms with Crippen molar-refractivity contribution in [1.29, 1.82) is 0 Å². The van der Waals surface area contributed by atoms with Crippen molar-refractivity contribution in [2.24, 2.45) is 5.92 Å². The number of likely N-dealkylation sites (tertiary alicyclic amines) is 1. The van der Waals surface area contributed by atoms with E-state index in [1.807, 2.05) is 18.2 Å². The first kappa shape index (κ1) is 15.1. The molecule has 1 aromatic carbocycles. The molecule has 1 aliphatic rings. The number of carbonyl (C=O) groups excluding carboxylic acids is 2. The van der Waals surface area contributed by atoms with E-state index in [-0.39, 0.29) is 28.9 Å². The van der Waals surface area contributed by atoms with Crippen LogP contribution in [0.1, 0.15) is 33.7 Å². The van der Waals surface area contributed by atoms with Crippen LogP contribution >= 0.6 is 0 Å². The zero-order chi connectivity index (χ0) is 16.2. The highest BCUT2D eigenvalue weighted by Crippen LogP contribution is 2.21. The third kappa shape index (κ3) is 3.36. The van der Waals surface area contributed by atoms with E-state index in [4.69, 9.17) is 0 Å². The van der Waals surface area contributed by atoms with E-state index in [1.54, 1.807) is 17.0 Å². The molecular formula is C17H17N3O3. The molecule has 2 aromatic rings. The van der Waals surface area contributed by atoms with E-state index in [0.29, 0.717) is 18.7 Å². The molecule has 1 aromatic heterocycles. The second-order valence-corrected chi connectivity index (χ2v) is 5.62. The summed E-state index contributed by atoms with van der Waals surface area (Å²) in [5.41, 5.74) is 0.517. The number of aromatic nitrogens is 2. The fourth-order valence-corrected chi connectivity index (χ4v) is 2.83. The van der Waals surface area contributed by atoms with Crippen molar-refractivity contribution in [2.75, 3.05) is 13.1 Å². The van der Waals surface area contributed by atoms with E-state index in [1.165, 1.54) is 6.20 Å². The predicted molar refractivity (Wildman–Crippen MR) is 84.3 cm³/mol. The minimum atomic E-state index is -0.350. The maximum Gasteiger partial charge on any atom is 0.273 e. The van der Waals surface area contributed by atoms with E-state index in [9.17, 15) is 14.4 Å². The Hall–Kier alpha value is -2.76. The van der Waals surface area contributed by atoms with E-state index in [2.05, 4.69) is 9.97 Å². The van der Waals surface area contributed by atoms with Crippen LogP contribution < -0.4 is 5.56 Å².